The molecule has 1 aromatic heterocycles. The fraction of sp³-hybridized carbons (Fsp3) is 0.192. The van der Waals surface area contributed by atoms with Gasteiger partial charge in [0.05, 0.1) is 22.9 Å². The Morgan fingerprint density at radius 2 is 1.65 bits per heavy atom. The molecule has 7 nitrogen and oxygen atoms in total. The van der Waals surface area contributed by atoms with Gasteiger partial charge in [0.2, 0.25) is 0 Å². The zero-order valence-electron chi connectivity index (χ0n) is 18.5. The average molecular weight is 458 g/mol. The van der Waals surface area contributed by atoms with Crippen molar-refractivity contribution in [3.8, 4) is 11.5 Å². The number of anilines is 2. The number of rotatable bonds is 6. The van der Waals surface area contributed by atoms with Crippen LogP contribution in [0.4, 0.5) is 20.6 Å². The minimum absolute atomic E-state index is 0.367. The fourth-order valence-electron chi connectivity index (χ4n) is 3.97. The van der Waals surface area contributed by atoms with E-state index in [0.717, 1.165) is 36.4 Å². The number of carbonyl (C=O) groups is 1. The first-order valence-corrected chi connectivity index (χ1v) is 11.2. The van der Waals surface area contributed by atoms with Crippen LogP contribution in [0, 0.1) is 5.82 Å². The predicted octanol–water partition coefficient (Wildman–Crippen LogP) is 5.80. The number of aromatic nitrogens is 2. The van der Waals surface area contributed by atoms with E-state index in [-0.39, 0.29) is 0 Å². The summed E-state index contributed by atoms with van der Waals surface area (Å²) < 4.78 is 19.3. The highest BCUT2D eigenvalue weighted by molar-refractivity contribution is 5.99. The van der Waals surface area contributed by atoms with Crippen LogP contribution in [0.5, 0.6) is 11.5 Å². The van der Waals surface area contributed by atoms with Crippen LogP contribution in [0.15, 0.2) is 72.9 Å². The van der Waals surface area contributed by atoms with E-state index >= 15 is 0 Å². The molecule has 0 spiro atoms. The van der Waals surface area contributed by atoms with Crippen molar-refractivity contribution in [1.29, 1.82) is 0 Å². The van der Waals surface area contributed by atoms with Crippen LogP contribution in [0.1, 0.15) is 18.5 Å². The quantitative estimate of drug-likeness (QED) is 0.383. The molecule has 0 saturated carbocycles. The molecule has 5 rings (SSSR count). The van der Waals surface area contributed by atoms with Gasteiger partial charge in [0, 0.05) is 30.1 Å². The molecule has 3 aromatic carbocycles. The topological polar surface area (TPSA) is 79.4 Å². The molecule has 2 heterocycles. The summed E-state index contributed by atoms with van der Waals surface area (Å²) >= 11 is 0. The number of hydrogen-bond acceptors (Lipinski definition) is 5. The smallest absolute Gasteiger partial charge is 0.323 e. The van der Waals surface area contributed by atoms with Gasteiger partial charge in [-0.15, -0.1) is 0 Å². The lowest BCUT2D eigenvalue weighted by molar-refractivity contribution is 0.262. The molecular formula is C26H24FN5O2. The molecule has 0 atom stereocenters. The minimum atomic E-state index is -0.478. The van der Waals surface area contributed by atoms with E-state index in [1.54, 1.807) is 30.3 Å². The molecule has 8 heteroatoms. The van der Waals surface area contributed by atoms with Gasteiger partial charge in [0.1, 0.15) is 17.3 Å². The Bertz CT molecular complexity index is 1320. The third-order valence-electron chi connectivity index (χ3n) is 5.56. The highest BCUT2D eigenvalue weighted by atomic mass is 19.1. The van der Waals surface area contributed by atoms with E-state index in [2.05, 4.69) is 20.5 Å². The molecule has 4 aromatic rings. The molecule has 0 radical (unpaired) electrons. The van der Waals surface area contributed by atoms with E-state index in [1.807, 2.05) is 24.4 Å². The van der Waals surface area contributed by atoms with E-state index < -0.39 is 11.8 Å². The standard InChI is InChI=1S/C26H24FN5O2/c27-18-5-3-6-19(13-18)30-26(33)31-20-7-4-8-22(14-20)34-23-9-10-24-25(15-23)29-21(16-28-24)17-32-11-1-2-12-32/h3-10,13-16H,1-2,11-12,17H2,(H2,30,31,33). The van der Waals surface area contributed by atoms with Gasteiger partial charge >= 0.3 is 6.03 Å². The van der Waals surface area contributed by atoms with Crippen LogP contribution in [0.25, 0.3) is 11.0 Å². The number of halogens is 1. The second-order valence-electron chi connectivity index (χ2n) is 8.21. The van der Waals surface area contributed by atoms with Gasteiger partial charge in [-0.3, -0.25) is 9.88 Å². The van der Waals surface area contributed by atoms with Gasteiger partial charge in [-0.2, -0.15) is 0 Å². The fourth-order valence-corrected chi connectivity index (χ4v) is 3.97. The number of benzene rings is 3. The van der Waals surface area contributed by atoms with Gasteiger partial charge in [-0.1, -0.05) is 12.1 Å². The van der Waals surface area contributed by atoms with E-state index in [1.165, 1.54) is 31.0 Å². The molecule has 1 aliphatic heterocycles. The minimum Gasteiger partial charge on any atom is -0.457 e. The number of ether oxygens (including phenoxy) is 1. The Hall–Kier alpha value is -4.04. The van der Waals surface area contributed by atoms with Crippen LogP contribution in [-0.2, 0) is 6.54 Å². The summed E-state index contributed by atoms with van der Waals surface area (Å²) in [6, 6.07) is 17.9. The maximum atomic E-state index is 13.3. The number of urea groups is 1. The third kappa shape index (κ3) is 5.47. The first-order valence-electron chi connectivity index (χ1n) is 11.2. The average Bonchev–Trinajstić information content (AvgIpc) is 3.32. The number of likely N-dealkylation sites (tertiary alicyclic amines) is 1. The number of fused-ring (bicyclic) bond motifs is 1. The lowest BCUT2D eigenvalue weighted by Crippen LogP contribution is -2.19. The van der Waals surface area contributed by atoms with Crippen molar-refractivity contribution >= 4 is 28.4 Å². The zero-order chi connectivity index (χ0) is 23.3. The molecule has 34 heavy (non-hydrogen) atoms. The molecule has 1 fully saturated rings. The molecule has 2 N–H and O–H groups in total. The number of hydrogen-bond donors (Lipinski definition) is 2. The highest BCUT2D eigenvalue weighted by Gasteiger charge is 2.13. The molecule has 0 bridgehead atoms. The maximum Gasteiger partial charge on any atom is 0.323 e. The molecule has 0 aliphatic carbocycles. The highest BCUT2D eigenvalue weighted by Crippen LogP contribution is 2.27. The molecule has 172 valence electrons. The van der Waals surface area contributed by atoms with E-state index in [4.69, 9.17) is 9.72 Å². The van der Waals surface area contributed by atoms with Gasteiger partial charge in [0.15, 0.2) is 0 Å². The second-order valence-corrected chi connectivity index (χ2v) is 8.21. The Morgan fingerprint density at radius 1 is 0.912 bits per heavy atom. The summed E-state index contributed by atoms with van der Waals surface area (Å²) in [6.45, 7) is 3.01. The third-order valence-corrected chi connectivity index (χ3v) is 5.56. The molecular weight excluding hydrogens is 433 g/mol. The molecule has 0 unspecified atom stereocenters. The van der Waals surface area contributed by atoms with Gasteiger partial charge in [0.25, 0.3) is 0 Å². The van der Waals surface area contributed by atoms with Gasteiger partial charge in [-0.05, 0) is 68.4 Å². The summed E-state index contributed by atoms with van der Waals surface area (Å²) in [7, 11) is 0. The maximum absolute atomic E-state index is 13.3. The summed E-state index contributed by atoms with van der Waals surface area (Å²) in [5.41, 5.74) is 3.44. The zero-order valence-corrected chi connectivity index (χ0v) is 18.5. The largest absolute Gasteiger partial charge is 0.457 e. The SMILES string of the molecule is O=C(Nc1cccc(F)c1)Nc1cccc(Oc2ccc3ncc(CN4CCCC4)nc3c2)c1. The van der Waals surface area contributed by atoms with Gasteiger partial charge in [-0.25, -0.2) is 14.2 Å². The lowest BCUT2D eigenvalue weighted by Gasteiger charge is -2.14. The van der Waals surface area contributed by atoms with Crippen molar-refractivity contribution in [3.63, 3.8) is 0 Å². The lowest BCUT2D eigenvalue weighted by atomic mass is 10.2. The van der Waals surface area contributed by atoms with Gasteiger partial charge < -0.3 is 15.4 Å². The number of amides is 2. The summed E-state index contributed by atoms with van der Waals surface area (Å²) in [5.74, 6) is 0.766. The molecule has 2 amide bonds. The second kappa shape index (κ2) is 9.84. The van der Waals surface area contributed by atoms with Crippen LogP contribution >= 0.6 is 0 Å². The van der Waals surface area contributed by atoms with E-state index in [9.17, 15) is 9.18 Å². The molecule has 1 aliphatic rings. The van der Waals surface area contributed by atoms with Crippen LogP contribution in [0.3, 0.4) is 0 Å². The normalized spacial score (nSPS) is 13.7. The summed E-state index contributed by atoms with van der Waals surface area (Å²) in [6.07, 6.45) is 4.31. The monoisotopic (exact) mass is 457 g/mol. The van der Waals surface area contributed by atoms with Crippen molar-refractivity contribution in [2.24, 2.45) is 0 Å². The Morgan fingerprint density at radius 3 is 2.44 bits per heavy atom. The van der Waals surface area contributed by atoms with Crippen molar-refractivity contribution in [2.45, 2.75) is 19.4 Å². The summed E-state index contributed by atoms with van der Waals surface area (Å²) in [5, 5.41) is 5.33. The predicted molar refractivity (Wildman–Crippen MR) is 130 cm³/mol. The van der Waals surface area contributed by atoms with Crippen LogP contribution in [-0.4, -0.2) is 34.0 Å². The van der Waals surface area contributed by atoms with Crippen molar-refractivity contribution < 1.29 is 13.9 Å². The number of nitrogens with zero attached hydrogens (tertiary/aromatic N) is 3. The van der Waals surface area contributed by atoms with Crippen molar-refractivity contribution in [2.75, 3.05) is 23.7 Å². The Labute approximate surface area is 196 Å². The van der Waals surface area contributed by atoms with Crippen molar-refractivity contribution in [1.82, 2.24) is 14.9 Å². The Balaban J connectivity index is 1.26. The van der Waals surface area contributed by atoms with Crippen molar-refractivity contribution in [3.05, 3.63) is 84.4 Å². The number of nitrogens with one attached hydrogen (secondary N) is 2. The van der Waals surface area contributed by atoms with E-state index in [0.29, 0.717) is 22.9 Å². The summed E-state index contributed by atoms with van der Waals surface area (Å²) in [4.78, 5) is 24.0. The van der Waals surface area contributed by atoms with Crippen LogP contribution in [0.2, 0.25) is 0 Å². The Kier molecular flexibility index (Phi) is 6.31. The first-order chi connectivity index (χ1) is 16.6. The van der Waals surface area contributed by atoms with Crippen LogP contribution < -0.4 is 15.4 Å². The molecule has 1 saturated heterocycles. The first kappa shape index (κ1) is 21.8. The number of carbonyl (C=O) groups excluding carboxylic acids is 1.